The summed E-state index contributed by atoms with van der Waals surface area (Å²) in [5.41, 5.74) is 0. The van der Waals surface area contributed by atoms with Crippen LogP contribution in [0.15, 0.2) is 18.7 Å². The van der Waals surface area contributed by atoms with Gasteiger partial charge in [0.25, 0.3) is 0 Å². The molecule has 2 heterocycles. The van der Waals surface area contributed by atoms with Crippen LogP contribution in [0.25, 0.3) is 0 Å². The second kappa shape index (κ2) is 3.36. The standard InChI is InChI=1S/C11H15N3O/c15-11(9-2-1-3-9)14-6-10(7-14)13-5-4-12-8-13/h4-5,8-10H,1-3,6-7H2. The molecule has 0 aromatic carbocycles. The Labute approximate surface area is 88.9 Å². The van der Waals surface area contributed by atoms with Gasteiger partial charge in [0.1, 0.15) is 0 Å². The molecular weight excluding hydrogens is 190 g/mol. The number of hydrogen-bond donors (Lipinski definition) is 0. The first-order valence-electron chi connectivity index (χ1n) is 5.61. The Bertz CT molecular complexity index is 350. The van der Waals surface area contributed by atoms with Gasteiger partial charge in [-0.2, -0.15) is 0 Å². The molecule has 15 heavy (non-hydrogen) atoms. The van der Waals surface area contributed by atoms with Gasteiger partial charge in [-0.25, -0.2) is 4.98 Å². The lowest BCUT2D eigenvalue weighted by molar-refractivity contribution is -0.144. The molecule has 0 unspecified atom stereocenters. The zero-order valence-corrected chi connectivity index (χ0v) is 8.67. The molecule has 0 bridgehead atoms. The maximum absolute atomic E-state index is 11.8. The predicted octanol–water partition coefficient (Wildman–Crippen LogP) is 1.07. The Morgan fingerprint density at radius 1 is 1.33 bits per heavy atom. The van der Waals surface area contributed by atoms with E-state index in [0.29, 0.717) is 17.9 Å². The van der Waals surface area contributed by atoms with Crippen molar-refractivity contribution in [2.75, 3.05) is 13.1 Å². The molecule has 1 aliphatic carbocycles. The summed E-state index contributed by atoms with van der Waals surface area (Å²) < 4.78 is 2.09. The third-order valence-corrected chi connectivity index (χ3v) is 3.57. The second-order valence-corrected chi connectivity index (χ2v) is 4.53. The molecule has 80 valence electrons. The molecule has 2 fully saturated rings. The highest BCUT2D eigenvalue weighted by Crippen LogP contribution is 2.31. The lowest BCUT2D eigenvalue weighted by Crippen LogP contribution is -2.53. The third-order valence-electron chi connectivity index (χ3n) is 3.57. The molecule has 3 rings (SSSR count). The number of carbonyl (C=O) groups excluding carboxylic acids is 1. The van der Waals surface area contributed by atoms with Crippen LogP contribution < -0.4 is 0 Å². The van der Waals surface area contributed by atoms with Gasteiger partial charge < -0.3 is 9.47 Å². The van der Waals surface area contributed by atoms with Crippen molar-refractivity contribution in [2.45, 2.75) is 25.3 Å². The summed E-state index contributed by atoms with van der Waals surface area (Å²) in [5.74, 6) is 0.714. The Hall–Kier alpha value is -1.32. The molecule has 1 aromatic heterocycles. The number of imidazole rings is 1. The van der Waals surface area contributed by atoms with Gasteiger partial charge >= 0.3 is 0 Å². The molecule has 1 saturated carbocycles. The second-order valence-electron chi connectivity index (χ2n) is 4.53. The largest absolute Gasteiger partial charge is 0.338 e. The van der Waals surface area contributed by atoms with Gasteiger partial charge in [0.2, 0.25) is 5.91 Å². The van der Waals surface area contributed by atoms with Crippen molar-refractivity contribution < 1.29 is 4.79 Å². The molecule has 1 aromatic rings. The molecule has 0 spiro atoms. The third kappa shape index (κ3) is 1.44. The molecular formula is C11H15N3O. The van der Waals surface area contributed by atoms with Crippen molar-refractivity contribution in [3.05, 3.63) is 18.7 Å². The Balaban J connectivity index is 1.55. The molecule has 0 N–H and O–H groups in total. The van der Waals surface area contributed by atoms with Crippen molar-refractivity contribution in [3.8, 4) is 0 Å². The first-order valence-corrected chi connectivity index (χ1v) is 5.61. The van der Waals surface area contributed by atoms with Crippen molar-refractivity contribution in [3.63, 3.8) is 0 Å². The number of hydrogen-bond acceptors (Lipinski definition) is 2. The molecule has 1 saturated heterocycles. The van der Waals surface area contributed by atoms with E-state index < -0.39 is 0 Å². The van der Waals surface area contributed by atoms with Gasteiger partial charge in [-0.15, -0.1) is 0 Å². The maximum atomic E-state index is 11.8. The van der Waals surface area contributed by atoms with E-state index in [-0.39, 0.29) is 0 Å². The van der Waals surface area contributed by atoms with Gasteiger partial charge in [-0.05, 0) is 12.8 Å². The zero-order chi connectivity index (χ0) is 10.3. The van der Waals surface area contributed by atoms with E-state index in [9.17, 15) is 4.79 Å². The summed E-state index contributed by atoms with van der Waals surface area (Å²) in [4.78, 5) is 17.8. The highest BCUT2D eigenvalue weighted by molar-refractivity contribution is 5.80. The van der Waals surface area contributed by atoms with Crippen LogP contribution in [0, 0.1) is 5.92 Å². The average Bonchev–Trinajstić information content (AvgIpc) is 2.50. The summed E-state index contributed by atoms with van der Waals surface area (Å²) in [6, 6.07) is 0.455. The number of nitrogens with zero attached hydrogens (tertiary/aromatic N) is 3. The van der Waals surface area contributed by atoms with E-state index in [1.54, 1.807) is 6.20 Å². The monoisotopic (exact) mass is 205 g/mol. The summed E-state index contributed by atoms with van der Waals surface area (Å²) in [7, 11) is 0. The van der Waals surface area contributed by atoms with Crippen LogP contribution in [0.2, 0.25) is 0 Å². The zero-order valence-electron chi connectivity index (χ0n) is 8.67. The molecule has 2 aliphatic rings. The minimum atomic E-state index is 0.341. The SMILES string of the molecule is O=C(C1CCC1)N1CC(n2ccnc2)C1. The molecule has 0 radical (unpaired) electrons. The Kier molecular flexibility index (Phi) is 2.01. The molecule has 0 atom stereocenters. The van der Waals surface area contributed by atoms with E-state index >= 15 is 0 Å². The average molecular weight is 205 g/mol. The molecule has 4 heteroatoms. The summed E-state index contributed by atoms with van der Waals surface area (Å²) in [5, 5.41) is 0. The lowest BCUT2D eigenvalue weighted by atomic mass is 9.83. The number of likely N-dealkylation sites (tertiary alicyclic amines) is 1. The number of aromatic nitrogens is 2. The van der Waals surface area contributed by atoms with Crippen molar-refractivity contribution in [1.82, 2.24) is 14.5 Å². The first kappa shape index (κ1) is 8.95. The predicted molar refractivity (Wildman–Crippen MR) is 55.2 cm³/mol. The van der Waals surface area contributed by atoms with Gasteiger partial charge in [0.15, 0.2) is 0 Å². The van der Waals surface area contributed by atoms with Crippen LogP contribution in [0.4, 0.5) is 0 Å². The van der Waals surface area contributed by atoms with Gasteiger partial charge in [0, 0.05) is 31.4 Å². The minimum absolute atomic E-state index is 0.341. The van der Waals surface area contributed by atoms with Crippen LogP contribution in [0.5, 0.6) is 0 Å². The van der Waals surface area contributed by atoms with E-state index in [0.717, 1.165) is 25.9 Å². The topological polar surface area (TPSA) is 38.1 Å². The minimum Gasteiger partial charge on any atom is -0.338 e. The fourth-order valence-corrected chi connectivity index (χ4v) is 2.22. The van der Waals surface area contributed by atoms with E-state index in [1.807, 2.05) is 17.4 Å². The highest BCUT2D eigenvalue weighted by atomic mass is 16.2. The van der Waals surface area contributed by atoms with Crippen LogP contribution in [-0.2, 0) is 4.79 Å². The van der Waals surface area contributed by atoms with E-state index in [1.165, 1.54) is 6.42 Å². The van der Waals surface area contributed by atoms with E-state index in [2.05, 4.69) is 9.55 Å². The smallest absolute Gasteiger partial charge is 0.225 e. The van der Waals surface area contributed by atoms with E-state index in [4.69, 9.17) is 0 Å². The number of rotatable bonds is 2. The summed E-state index contributed by atoms with van der Waals surface area (Å²) in [6.07, 6.45) is 9.02. The quantitative estimate of drug-likeness (QED) is 0.724. The Morgan fingerprint density at radius 3 is 2.67 bits per heavy atom. The van der Waals surface area contributed by atoms with Crippen molar-refractivity contribution in [1.29, 1.82) is 0 Å². The van der Waals surface area contributed by atoms with Crippen LogP contribution in [0.1, 0.15) is 25.3 Å². The lowest BCUT2D eigenvalue weighted by Gasteiger charge is -2.43. The highest BCUT2D eigenvalue weighted by Gasteiger charge is 2.36. The normalized spacial score (nSPS) is 22.3. The number of carbonyl (C=O) groups is 1. The summed E-state index contributed by atoms with van der Waals surface area (Å²) >= 11 is 0. The fourth-order valence-electron chi connectivity index (χ4n) is 2.22. The van der Waals surface area contributed by atoms with Gasteiger partial charge in [-0.1, -0.05) is 6.42 Å². The van der Waals surface area contributed by atoms with Crippen LogP contribution >= 0.6 is 0 Å². The molecule has 1 aliphatic heterocycles. The van der Waals surface area contributed by atoms with Crippen LogP contribution in [-0.4, -0.2) is 33.4 Å². The van der Waals surface area contributed by atoms with Gasteiger partial charge in [0.05, 0.1) is 12.4 Å². The van der Waals surface area contributed by atoms with Gasteiger partial charge in [-0.3, -0.25) is 4.79 Å². The summed E-state index contributed by atoms with van der Waals surface area (Å²) in [6.45, 7) is 1.73. The van der Waals surface area contributed by atoms with Crippen molar-refractivity contribution in [2.24, 2.45) is 5.92 Å². The van der Waals surface area contributed by atoms with Crippen molar-refractivity contribution >= 4 is 5.91 Å². The van der Waals surface area contributed by atoms with Crippen LogP contribution in [0.3, 0.4) is 0 Å². The molecule has 1 amide bonds. The first-order chi connectivity index (χ1) is 7.34. The fraction of sp³-hybridized carbons (Fsp3) is 0.636. The Morgan fingerprint density at radius 2 is 2.13 bits per heavy atom. The molecule has 4 nitrogen and oxygen atoms in total. The number of amides is 1. The maximum Gasteiger partial charge on any atom is 0.225 e.